The zero-order chi connectivity index (χ0) is 11.1. The van der Waals surface area contributed by atoms with Gasteiger partial charge in [0.2, 0.25) is 0 Å². The van der Waals surface area contributed by atoms with Gasteiger partial charge in [0.1, 0.15) is 6.33 Å². The normalized spacial score (nSPS) is 13.0. The van der Waals surface area contributed by atoms with Crippen molar-refractivity contribution in [2.24, 2.45) is 0 Å². The summed E-state index contributed by atoms with van der Waals surface area (Å²) in [6.45, 7) is 6.59. The van der Waals surface area contributed by atoms with Gasteiger partial charge in [-0.3, -0.25) is 0 Å². The second-order valence-electron chi connectivity index (χ2n) is 3.62. The quantitative estimate of drug-likeness (QED) is 0.685. The van der Waals surface area contributed by atoms with Gasteiger partial charge in [-0.05, 0) is 19.9 Å². The monoisotopic (exact) mass is 212 g/mol. The van der Waals surface area contributed by atoms with E-state index in [-0.39, 0.29) is 6.04 Å². The van der Waals surface area contributed by atoms with Crippen molar-refractivity contribution in [1.29, 1.82) is 0 Å². The summed E-state index contributed by atoms with van der Waals surface area (Å²) in [5, 5.41) is 7.63. The van der Waals surface area contributed by atoms with Crippen LogP contribution in [-0.4, -0.2) is 35.0 Å². The third-order valence-electron chi connectivity index (χ3n) is 2.13. The number of hydrogen-bond acceptors (Lipinski definition) is 4. The third kappa shape index (κ3) is 3.97. The van der Waals surface area contributed by atoms with Crippen molar-refractivity contribution in [3.63, 3.8) is 0 Å². The Kier molecular flexibility index (Phi) is 5.28. The Labute approximate surface area is 90.8 Å². The van der Waals surface area contributed by atoms with E-state index >= 15 is 0 Å². The summed E-state index contributed by atoms with van der Waals surface area (Å²) in [4.78, 5) is 4.23. The Morgan fingerprint density at radius 1 is 1.60 bits per heavy atom. The van der Waals surface area contributed by atoms with Crippen LogP contribution < -0.4 is 5.32 Å². The molecule has 1 heterocycles. The van der Waals surface area contributed by atoms with Gasteiger partial charge < -0.3 is 10.1 Å². The number of nitrogens with zero attached hydrogens (tertiary/aromatic N) is 3. The number of rotatable bonds is 7. The maximum absolute atomic E-state index is 5.06. The van der Waals surface area contributed by atoms with Gasteiger partial charge in [-0.15, -0.1) is 0 Å². The summed E-state index contributed by atoms with van der Waals surface area (Å²) in [6.07, 6.45) is 2.88. The predicted molar refractivity (Wildman–Crippen MR) is 58.6 cm³/mol. The summed E-state index contributed by atoms with van der Waals surface area (Å²) in [5.74, 6) is 0.839. The number of hydrogen-bond donors (Lipinski definition) is 1. The first-order chi connectivity index (χ1) is 7.27. The zero-order valence-electron chi connectivity index (χ0n) is 9.73. The van der Waals surface area contributed by atoms with Gasteiger partial charge in [0.05, 0.1) is 19.2 Å². The molecule has 0 aromatic carbocycles. The highest BCUT2D eigenvalue weighted by Gasteiger charge is 2.06. The summed E-state index contributed by atoms with van der Waals surface area (Å²) < 4.78 is 6.90. The van der Waals surface area contributed by atoms with Crippen LogP contribution in [0.25, 0.3) is 0 Å². The molecular weight excluding hydrogens is 192 g/mol. The summed E-state index contributed by atoms with van der Waals surface area (Å²) >= 11 is 0. The largest absolute Gasteiger partial charge is 0.382 e. The van der Waals surface area contributed by atoms with E-state index in [1.807, 2.05) is 4.68 Å². The zero-order valence-corrected chi connectivity index (χ0v) is 9.73. The van der Waals surface area contributed by atoms with Crippen molar-refractivity contribution in [2.75, 3.05) is 20.3 Å². The van der Waals surface area contributed by atoms with Crippen LogP contribution in [0.4, 0.5) is 0 Å². The highest BCUT2D eigenvalue weighted by molar-refractivity contribution is 4.82. The van der Waals surface area contributed by atoms with E-state index in [1.165, 1.54) is 0 Å². The second kappa shape index (κ2) is 6.53. The average molecular weight is 212 g/mol. The molecule has 0 fully saturated rings. The van der Waals surface area contributed by atoms with Crippen LogP contribution in [0.2, 0.25) is 0 Å². The molecular formula is C10H20N4O. The fourth-order valence-corrected chi connectivity index (χ4v) is 1.30. The highest BCUT2D eigenvalue weighted by Crippen LogP contribution is 2.03. The van der Waals surface area contributed by atoms with Gasteiger partial charge in [0.25, 0.3) is 0 Å². The Morgan fingerprint density at radius 2 is 2.40 bits per heavy atom. The molecule has 1 aromatic heterocycles. The molecule has 0 aliphatic rings. The van der Waals surface area contributed by atoms with Gasteiger partial charge >= 0.3 is 0 Å². The van der Waals surface area contributed by atoms with Gasteiger partial charge in [-0.25, -0.2) is 9.67 Å². The molecule has 86 valence electrons. The Bertz CT molecular complexity index is 274. The van der Waals surface area contributed by atoms with Crippen LogP contribution >= 0.6 is 0 Å². The minimum Gasteiger partial charge on any atom is -0.382 e. The average Bonchev–Trinajstić information content (AvgIpc) is 2.67. The first kappa shape index (κ1) is 12.1. The van der Waals surface area contributed by atoms with Crippen molar-refractivity contribution in [3.8, 4) is 0 Å². The minimum absolute atomic E-state index is 0.238. The molecule has 0 aliphatic heterocycles. The van der Waals surface area contributed by atoms with Gasteiger partial charge in [0.15, 0.2) is 5.82 Å². The number of ether oxygens (including phenoxy) is 1. The summed E-state index contributed by atoms with van der Waals surface area (Å²) in [5.41, 5.74) is 0. The smallest absolute Gasteiger partial charge is 0.164 e. The molecule has 0 saturated carbocycles. The molecule has 5 nitrogen and oxygen atoms in total. The molecule has 1 unspecified atom stereocenters. The Hall–Kier alpha value is -0.940. The molecule has 1 atom stereocenters. The molecule has 1 rings (SSSR count). The maximum Gasteiger partial charge on any atom is 0.164 e. The molecule has 5 heteroatoms. The Morgan fingerprint density at radius 3 is 3.07 bits per heavy atom. The SMILES string of the molecule is CCCNCc1ncn(C(C)COC)n1. The standard InChI is InChI=1S/C10H20N4O/c1-4-5-11-6-10-12-8-14(13-10)9(2)7-15-3/h8-9,11H,4-7H2,1-3H3. The van der Waals surface area contributed by atoms with Crippen molar-refractivity contribution >= 4 is 0 Å². The fraction of sp³-hybridized carbons (Fsp3) is 0.800. The highest BCUT2D eigenvalue weighted by atomic mass is 16.5. The molecule has 1 aromatic rings. The second-order valence-corrected chi connectivity index (χ2v) is 3.62. The van der Waals surface area contributed by atoms with Gasteiger partial charge in [-0.2, -0.15) is 5.10 Å². The van der Waals surface area contributed by atoms with Crippen LogP contribution in [0.3, 0.4) is 0 Å². The van der Waals surface area contributed by atoms with E-state index in [9.17, 15) is 0 Å². The lowest BCUT2D eigenvalue weighted by Crippen LogP contribution is -2.16. The first-order valence-electron chi connectivity index (χ1n) is 5.37. The fourth-order valence-electron chi connectivity index (χ4n) is 1.30. The lowest BCUT2D eigenvalue weighted by atomic mass is 10.4. The van der Waals surface area contributed by atoms with Crippen LogP contribution in [0.1, 0.15) is 32.1 Å². The molecule has 0 spiro atoms. The number of nitrogens with one attached hydrogen (secondary N) is 1. The van der Waals surface area contributed by atoms with E-state index in [1.54, 1.807) is 13.4 Å². The van der Waals surface area contributed by atoms with Crippen molar-refractivity contribution < 1.29 is 4.74 Å². The number of aromatic nitrogens is 3. The van der Waals surface area contributed by atoms with E-state index in [4.69, 9.17) is 4.74 Å². The van der Waals surface area contributed by atoms with Crippen LogP contribution in [0.5, 0.6) is 0 Å². The van der Waals surface area contributed by atoms with Crippen LogP contribution in [0, 0.1) is 0 Å². The molecule has 0 radical (unpaired) electrons. The molecule has 0 aliphatic carbocycles. The van der Waals surface area contributed by atoms with E-state index in [0.29, 0.717) is 6.61 Å². The predicted octanol–water partition coefficient (Wildman–Crippen LogP) is 0.985. The molecule has 0 amide bonds. The maximum atomic E-state index is 5.06. The van der Waals surface area contributed by atoms with Crippen molar-refractivity contribution in [1.82, 2.24) is 20.1 Å². The lowest BCUT2D eigenvalue weighted by Gasteiger charge is -2.09. The minimum atomic E-state index is 0.238. The molecule has 15 heavy (non-hydrogen) atoms. The molecule has 0 bridgehead atoms. The lowest BCUT2D eigenvalue weighted by molar-refractivity contribution is 0.156. The van der Waals surface area contributed by atoms with Crippen molar-refractivity contribution in [3.05, 3.63) is 12.2 Å². The van der Waals surface area contributed by atoms with Gasteiger partial charge in [0, 0.05) is 7.11 Å². The first-order valence-corrected chi connectivity index (χ1v) is 5.37. The van der Waals surface area contributed by atoms with E-state index in [0.717, 1.165) is 25.3 Å². The summed E-state index contributed by atoms with van der Waals surface area (Å²) in [7, 11) is 1.69. The van der Waals surface area contributed by atoms with Crippen LogP contribution in [0.15, 0.2) is 6.33 Å². The topological polar surface area (TPSA) is 52.0 Å². The van der Waals surface area contributed by atoms with Crippen molar-refractivity contribution in [2.45, 2.75) is 32.9 Å². The molecule has 1 N–H and O–H groups in total. The third-order valence-corrected chi connectivity index (χ3v) is 2.13. The van der Waals surface area contributed by atoms with E-state index < -0.39 is 0 Å². The summed E-state index contributed by atoms with van der Waals surface area (Å²) in [6, 6.07) is 0.238. The van der Waals surface area contributed by atoms with E-state index in [2.05, 4.69) is 29.2 Å². The Balaban J connectivity index is 2.41. The van der Waals surface area contributed by atoms with Crippen LogP contribution in [-0.2, 0) is 11.3 Å². The van der Waals surface area contributed by atoms with Gasteiger partial charge in [-0.1, -0.05) is 6.92 Å². The number of methoxy groups -OCH3 is 1. The molecule has 0 saturated heterocycles.